The van der Waals surface area contributed by atoms with Crippen molar-refractivity contribution in [1.82, 2.24) is 24.1 Å². The number of aryl methyl sites for hydroxylation is 1. The van der Waals surface area contributed by atoms with E-state index in [-0.39, 0.29) is 0 Å². The Kier molecular flexibility index (Phi) is 3.47. The number of hydrogen-bond donors (Lipinski definition) is 1. The summed E-state index contributed by atoms with van der Waals surface area (Å²) in [6, 6.07) is 0. The molecular formula is C14H19N7. The summed E-state index contributed by atoms with van der Waals surface area (Å²) in [5.41, 5.74) is 1.99. The Morgan fingerprint density at radius 1 is 1.33 bits per heavy atom. The predicted molar refractivity (Wildman–Crippen MR) is 82.5 cm³/mol. The molecule has 21 heavy (non-hydrogen) atoms. The van der Waals surface area contributed by atoms with Gasteiger partial charge in [0.25, 0.3) is 0 Å². The molecule has 0 aromatic carbocycles. The minimum Gasteiger partial charge on any atom is -0.369 e. The highest BCUT2D eigenvalue weighted by Gasteiger charge is 2.12. The SMILES string of the molecule is CCNc1cn2ccnc2c(N(C)Cc2cnn(C)c2)n1. The zero-order valence-corrected chi connectivity index (χ0v) is 12.5. The summed E-state index contributed by atoms with van der Waals surface area (Å²) >= 11 is 0. The molecule has 0 atom stereocenters. The Balaban J connectivity index is 1.95. The van der Waals surface area contributed by atoms with Crippen LogP contribution in [0.3, 0.4) is 0 Å². The Bertz CT molecular complexity index is 743. The highest BCUT2D eigenvalue weighted by molar-refractivity contribution is 5.66. The minimum atomic E-state index is 0.735. The molecule has 7 nitrogen and oxygen atoms in total. The lowest BCUT2D eigenvalue weighted by molar-refractivity contribution is 0.766. The fraction of sp³-hybridized carbons (Fsp3) is 0.357. The summed E-state index contributed by atoms with van der Waals surface area (Å²) in [6.45, 7) is 3.62. The average molecular weight is 285 g/mol. The van der Waals surface area contributed by atoms with E-state index in [1.165, 1.54) is 0 Å². The minimum absolute atomic E-state index is 0.735. The Labute approximate surface area is 123 Å². The smallest absolute Gasteiger partial charge is 0.180 e. The average Bonchev–Trinajstić information content (AvgIpc) is 3.07. The van der Waals surface area contributed by atoms with E-state index >= 15 is 0 Å². The van der Waals surface area contributed by atoms with Crippen LogP contribution in [0.4, 0.5) is 11.6 Å². The van der Waals surface area contributed by atoms with E-state index in [0.717, 1.165) is 35.9 Å². The first kappa shape index (κ1) is 13.4. The van der Waals surface area contributed by atoms with Crippen molar-refractivity contribution in [2.24, 2.45) is 7.05 Å². The fourth-order valence-electron chi connectivity index (χ4n) is 2.34. The molecule has 0 aliphatic heterocycles. The van der Waals surface area contributed by atoms with Crippen molar-refractivity contribution in [2.45, 2.75) is 13.5 Å². The summed E-state index contributed by atoms with van der Waals surface area (Å²) in [7, 11) is 3.93. The van der Waals surface area contributed by atoms with Crippen molar-refractivity contribution in [2.75, 3.05) is 23.8 Å². The van der Waals surface area contributed by atoms with Crippen molar-refractivity contribution in [3.8, 4) is 0 Å². The van der Waals surface area contributed by atoms with Gasteiger partial charge in [0.2, 0.25) is 0 Å². The number of hydrogen-bond acceptors (Lipinski definition) is 5. The van der Waals surface area contributed by atoms with Crippen LogP contribution in [0.1, 0.15) is 12.5 Å². The topological polar surface area (TPSA) is 63.3 Å². The van der Waals surface area contributed by atoms with E-state index in [1.807, 2.05) is 43.3 Å². The largest absolute Gasteiger partial charge is 0.369 e. The van der Waals surface area contributed by atoms with Crippen LogP contribution in [0, 0.1) is 0 Å². The van der Waals surface area contributed by atoms with Gasteiger partial charge in [-0.1, -0.05) is 0 Å². The van der Waals surface area contributed by atoms with Gasteiger partial charge in [0.15, 0.2) is 11.5 Å². The molecule has 0 saturated heterocycles. The van der Waals surface area contributed by atoms with Gasteiger partial charge in [-0.15, -0.1) is 0 Å². The second-order valence-corrected chi connectivity index (χ2v) is 5.02. The monoisotopic (exact) mass is 285 g/mol. The van der Waals surface area contributed by atoms with Crippen LogP contribution in [0.15, 0.2) is 31.0 Å². The number of rotatable bonds is 5. The first-order valence-corrected chi connectivity index (χ1v) is 6.93. The summed E-state index contributed by atoms with van der Waals surface area (Å²) in [6.07, 6.45) is 9.54. The second kappa shape index (κ2) is 5.43. The zero-order valence-electron chi connectivity index (χ0n) is 12.5. The van der Waals surface area contributed by atoms with Gasteiger partial charge in [0.1, 0.15) is 5.82 Å². The Hall–Kier alpha value is -2.57. The standard InChI is InChI=1S/C14H19N7/c1-4-15-12-10-21-6-5-16-13(21)14(18-12)19(2)8-11-7-17-20(3)9-11/h5-7,9-10,15H,4,8H2,1-3H3. The van der Waals surface area contributed by atoms with Crippen LogP contribution >= 0.6 is 0 Å². The summed E-state index contributed by atoms with van der Waals surface area (Å²) in [4.78, 5) is 11.2. The van der Waals surface area contributed by atoms with E-state index in [0.29, 0.717) is 0 Å². The number of aromatic nitrogens is 5. The third-order valence-corrected chi connectivity index (χ3v) is 3.25. The number of nitrogens with one attached hydrogen (secondary N) is 1. The highest BCUT2D eigenvalue weighted by atomic mass is 15.3. The third kappa shape index (κ3) is 2.67. The van der Waals surface area contributed by atoms with Crippen LogP contribution in [-0.2, 0) is 13.6 Å². The van der Waals surface area contributed by atoms with Crippen molar-refractivity contribution >= 4 is 17.3 Å². The highest BCUT2D eigenvalue weighted by Crippen LogP contribution is 2.21. The molecule has 0 fully saturated rings. The van der Waals surface area contributed by atoms with Crippen molar-refractivity contribution in [1.29, 1.82) is 0 Å². The third-order valence-electron chi connectivity index (χ3n) is 3.25. The normalized spacial score (nSPS) is 11.0. The maximum atomic E-state index is 4.67. The number of anilines is 2. The number of fused-ring (bicyclic) bond motifs is 1. The number of nitrogens with zero attached hydrogens (tertiary/aromatic N) is 6. The van der Waals surface area contributed by atoms with E-state index in [4.69, 9.17) is 0 Å². The molecule has 0 saturated carbocycles. The molecule has 0 unspecified atom stereocenters. The van der Waals surface area contributed by atoms with Gasteiger partial charge in [0, 0.05) is 51.3 Å². The van der Waals surface area contributed by atoms with Crippen LogP contribution in [0.25, 0.3) is 5.65 Å². The van der Waals surface area contributed by atoms with Gasteiger partial charge in [-0.25, -0.2) is 9.97 Å². The van der Waals surface area contributed by atoms with Crippen molar-refractivity contribution < 1.29 is 0 Å². The van der Waals surface area contributed by atoms with Gasteiger partial charge >= 0.3 is 0 Å². The summed E-state index contributed by atoms with van der Waals surface area (Å²) < 4.78 is 3.79. The fourth-order valence-corrected chi connectivity index (χ4v) is 2.34. The van der Waals surface area contributed by atoms with Gasteiger partial charge in [-0.05, 0) is 6.92 Å². The van der Waals surface area contributed by atoms with Gasteiger partial charge < -0.3 is 14.6 Å². The Morgan fingerprint density at radius 3 is 2.90 bits per heavy atom. The van der Waals surface area contributed by atoms with Crippen LogP contribution in [-0.4, -0.2) is 37.7 Å². The summed E-state index contributed by atoms with van der Waals surface area (Å²) in [5.74, 6) is 1.69. The maximum absolute atomic E-state index is 4.67. The van der Waals surface area contributed by atoms with Crippen LogP contribution in [0.2, 0.25) is 0 Å². The summed E-state index contributed by atoms with van der Waals surface area (Å²) in [5, 5.41) is 7.45. The molecule has 0 amide bonds. The molecule has 1 N–H and O–H groups in total. The molecule has 0 radical (unpaired) electrons. The quantitative estimate of drug-likeness (QED) is 0.770. The lowest BCUT2D eigenvalue weighted by Crippen LogP contribution is -2.19. The van der Waals surface area contributed by atoms with Crippen LogP contribution in [0.5, 0.6) is 0 Å². The molecule has 0 aliphatic carbocycles. The molecular weight excluding hydrogens is 266 g/mol. The molecule has 3 rings (SSSR count). The second-order valence-electron chi connectivity index (χ2n) is 5.02. The van der Waals surface area contributed by atoms with Crippen LogP contribution < -0.4 is 10.2 Å². The number of imidazole rings is 1. The maximum Gasteiger partial charge on any atom is 0.180 e. The molecule has 3 aromatic rings. The molecule has 0 aliphatic rings. The van der Waals surface area contributed by atoms with E-state index < -0.39 is 0 Å². The zero-order chi connectivity index (χ0) is 14.8. The van der Waals surface area contributed by atoms with Crippen molar-refractivity contribution in [3.05, 3.63) is 36.5 Å². The molecule has 0 spiro atoms. The van der Waals surface area contributed by atoms with E-state index in [1.54, 1.807) is 10.9 Å². The molecule has 7 heteroatoms. The predicted octanol–water partition coefficient (Wildman–Crippen LogP) is 1.53. The van der Waals surface area contributed by atoms with Crippen molar-refractivity contribution in [3.63, 3.8) is 0 Å². The Morgan fingerprint density at radius 2 is 2.19 bits per heavy atom. The van der Waals surface area contributed by atoms with E-state index in [9.17, 15) is 0 Å². The lowest BCUT2D eigenvalue weighted by atomic mass is 10.3. The molecule has 0 bridgehead atoms. The van der Waals surface area contributed by atoms with Gasteiger partial charge in [-0.2, -0.15) is 5.10 Å². The molecule has 110 valence electrons. The van der Waals surface area contributed by atoms with Gasteiger partial charge in [-0.3, -0.25) is 4.68 Å². The first-order valence-electron chi connectivity index (χ1n) is 6.93. The molecule has 3 aromatic heterocycles. The van der Waals surface area contributed by atoms with Gasteiger partial charge in [0.05, 0.1) is 12.4 Å². The lowest BCUT2D eigenvalue weighted by Gasteiger charge is -2.19. The first-order chi connectivity index (χ1) is 10.2. The van der Waals surface area contributed by atoms with E-state index in [2.05, 4.69) is 32.2 Å². The molecule has 3 heterocycles.